The fourth-order valence-electron chi connectivity index (χ4n) is 3.54. The van der Waals surface area contributed by atoms with Crippen LogP contribution in [0.1, 0.15) is 23.9 Å². The Morgan fingerprint density at radius 1 is 0.914 bits per heavy atom. The number of hydrogen-bond acceptors (Lipinski definition) is 6. The molecule has 0 aliphatic carbocycles. The molecule has 1 aromatic heterocycles. The van der Waals surface area contributed by atoms with E-state index in [2.05, 4.69) is 4.98 Å². The van der Waals surface area contributed by atoms with Crippen molar-refractivity contribution < 1.29 is 28.6 Å². The van der Waals surface area contributed by atoms with Crippen molar-refractivity contribution in [3.05, 3.63) is 102 Å². The maximum atomic E-state index is 12.8. The zero-order chi connectivity index (χ0) is 24.8. The molecule has 0 radical (unpaired) electrons. The molecule has 0 fully saturated rings. The Morgan fingerprint density at radius 2 is 1.54 bits per heavy atom. The van der Waals surface area contributed by atoms with Crippen molar-refractivity contribution in [2.45, 2.75) is 25.7 Å². The summed E-state index contributed by atoms with van der Waals surface area (Å²) in [6.45, 7) is 3.55. The molecule has 0 aliphatic rings. The number of para-hydroxylation sites is 1. The number of rotatable bonds is 9. The first-order chi connectivity index (χ1) is 16.9. The smallest absolute Gasteiger partial charge is 0.333 e. The Kier molecular flexibility index (Phi) is 6.96. The van der Waals surface area contributed by atoms with Crippen LogP contribution in [0.2, 0.25) is 0 Å². The number of benzene rings is 3. The monoisotopic (exact) mass is 471 g/mol. The molecule has 1 atom stereocenters. The van der Waals surface area contributed by atoms with Gasteiger partial charge in [0, 0.05) is 12.0 Å². The number of nitrogens with zero attached hydrogens (tertiary/aromatic N) is 1. The molecule has 0 spiro atoms. The minimum absolute atomic E-state index is 0.281. The molecular weight excluding hydrogens is 446 g/mol. The molecule has 0 saturated heterocycles. The first-order valence-electron chi connectivity index (χ1n) is 11.1. The minimum Gasteiger partial charge on any atom is -0.493 e. The number of hydrogen-bond donors (Lipinski definition) is 1. The molecule has 0 saturated carbocycles. The number of ether oxygens (including phenoxy) is 2. The van der Waals surface area contributed by atoms with Crippen LogP contribution < -0.4 is 9.47 Å². The molecule has 7 nitrogen and oxygen atoms in total. The Labute approximate surface area is 203 Å². The van der Waals surface area contributed by atoms with Crippen molar-refractivity contribution in [2.24, 2.45) is 0 Å². The van der Waals surface area contributed by atoms with E-state index in [-0.39, 0.29) is 11.3 Å². The first kappa shape index (κ1) is 23.8. The van der Waals surface area contributed by atoms with Crippen LogP contribution in [0, 0.1) is 6.92 Å². The second-order valence-corrected chi connectivity index (χ2v) is 8.14. The van der Waals surface area contributed by atoms with Crippen molar-refractivity contribution in [1.29, 1.82) is 0 Å². The van der Waals surface area contributed by atoms with E-state index < -0.39 is 17.4 Å². The van der Waals surface area contributed by atoms with Crippen LogP contribution in [0.25, 0.3) is 11.5 Å². The lowest BCUT2D eigenvalue weighted by Crippen LogP contribution is -2.43. The van der Waals surface area contributed by atoms with E-state index in [0.29, 0.717) is 24.7 Å². The van der Waals surface area contributed by atoms with E-state index >= 15 is 0 Å². The van der Waals surface area contributed by atoms with Crippen LogP contribution in [0.15, 0.2) is 89.3 Å². The molecule has 0 bridgehead atoms. The topological polar surface area (TPSA) is 98.9 Å². The van der Waals surface area contributed by atoms with E-state index in [9.17, 15) is 14.7 Å². The van der Waals surface area contributed by atoms with Crippen LogP contribution in [0.4, 0.5) is 0 Å². The summed E-state index contributed by atoms with van der Waals surface area (Å²) in [5.41, 5.74) is 0.131. The van der Waals surface area contributed by atoms with Gasteiger partial charge in [0.1, 0.15) is 17.3 Å². The summed E-state index contributed by atoms with van der Waals surface area (Å²) >= 11 is 0. The number of aromatic nitrogens is 1. The van der Waals surface area contributed by atoms with E-state index in [0.717, 1.165) is 17.0 Å². The van der Waals surface area contributed by atoms with E-state index in [1.165, 1.54) is 6.92 Å². The lowest BCUT2D eigenvalue weighted by atomic mass is 9.82. The van der Waals surface area contributed by atoms with Gasteiger partial charge in [0.2, 0.25) is 5.89 Å². The van der Waals surface area contributed by atoms with Gasteiger partial charge in [0.25, 0.3) is 0 Å². The summed E-state index contributed by atoms with van der Waals surface area (Å²) in [5, 5.41) is 9.83. The largest absolute Gasteiger partial charge is 0.493 e. The number of carbonyl (C=O) groups is 2. The number of carboxylic acids is 1. The third kappa shape index (κ3) is 5.24. The van der Waals surface area contributed by atoms with Crippen molar-refractivity contribution in [2.75, 3.05) is 6.61 Å². The molecule has 3 aromatic carbocycles. The minimum atomic E-state index is -1.87. The first-order valence-corrected chi connectivity index (χ1v) is 11.1. The number of carboxylic acid groups (broad SMARTS) is 1. The fraction of sp³-hybridized carbons (Fsp3) is 0.179. The second-order valence-electron chi connectivity index (χ2n) is 8.14. The van der Waals surface area contributed by atoms with Gasteiger partial charge in [-0.1, -0.05) is 48.5 Å². The molecule has 35 heavy (non-hydrogen) atoms. The molecule has 0 amide bonds. The summed E-state index contributed by atoms with van der Waals surface area (Å²) < 4.78 is 16.9. The predicted octanol–water partition coefficient (Wildman–Crippen LogP) is 5.22. The van der Waals surface area contributed by atoms with Gasteiger partial charge in [0.15, 0.2) is 5.41 Å². The molecule has 1 heterocycles. The highest BCUT2D eigenvalue weighted by Crippen LogP contribution is 2.29. The number of aryl methyl sites for hydroxylation is 1. The van der Waals surface area contributed by atoms with Crippen molar-refractivity contribution in [1.82, 2.24) is 4.98 Å². The van der Waals surface area contributed by atoms with Crippen LogP contribution in [0.3, 0.4) is 0 Å². The standard InChI is InChI=1S/C28H25NO6/c1-19-24(29-25(34-19)20-9-5-3-6-10-20)17-18-33-22-15-13-21(14-16-22)28(2,26(30)31)27(32)35-23-11-7-4-8-12-23/h3-16H,17-18H2,1-2H3,(H,30,31). The third-order valence-corrected chi connectivity index (χ3v) is 5.74. The van der Waals surface area contributed by atoms with E-state index in [1.54, 1.807) is 54.6 Å². The lowest BCUT2D eigenvalue weighted by molar-refractivity contribution is -0.155. The van der Waals surface area contributed by atoms with Gasteiger partial charge in [-0.25, -0.2) is 4.98 Å². The zero-order valence-corrected chi connectivity index (χ0v) is 19.4. The summed E-state index contributed by atoms with van der Waals surface area (Å²) in [6.07, 6.45) is 0.542. The van der Waals surface area contributed by atoms with Crippen molar-refractivity contribution in [3.8, 4) is 23.0 Å². The molecule has 1 unspecified atom stereocenters. The molecular formula is C28H25NO6. The van der Waals surface area contributed by atoms with Gasteiger partial charge < -0.3 is 19.0 Å². The van der Waals surface area contributed by atoms with Gasteiger partial charge in [-0.2, -0.15) is 0 Å². The quantitative estimate of drug-likeness (QED) is 0.203. The average molecular weight is 472 g/mol. The van der Waals surface area contributed by atoms with Gasteiger partial charge in [-0.05, 0) is 55.8 Å². The third-order valence-electron chi connectivity index (χ3n) is 5.74. The molecule has 178 valence electrons. The van der Waals surface area contributed by atoms with E-state index in [1.807, 2.05) is 37.3 Å². The van der Waals surface area contributed by atoms with Crippen LogP contribution >= 0.6 is 0 Å². The average Bonchev–Trinajstić information content (AvgIpc) is 3.25. The second kappa shape index (κ2) is 10.3. The lowest BCUT2D eigenvalue weighted by Gasteiger charge is -2.23. The SMILES string of the molecule is Cc1oc(-c2ccccc2)nc1CCOc1ccc(C(C)(C(=O)O)C(=O)Oc2ccccc2)cc1. The van der Waals surface area contributed by atoms with Crippen molar-refractivity contribution >= 4 is 11.9 Å². The highest BCUT2D eigenvalue weighted by atomic mass is 16.5. The Balaban J connectivity index is 1.40. The summed E-state index contributed by atoms with van der Waals surface area (Å²) in [4.78, 5) is 29.4. The maximum Gasteiger partial charge on any atom is 0.333 e. The maximum absolute atomic E-state index is 12.8. The van der Waals surface area contributed by atoms with Gasteiger partial charge in [0.05, 0.1) is 12.3 Å². The normalized spacial score (nSPS) is 12.5. The molecule has 4 rings (SSSR count). The fourth-order valence-corrected chi connectivity index (χ4v) is 3.54. The van der Waals surface area contributed by atoms with Crippen molar-refractivity contribution in [3.63, 3.8) is 0 Å². The molecule has 7 heteroatoms. The molecule has 1 N–H and O–H groups in total. The number of aliphatic carboxylic acids is 1. The number of oxazole rings is 1. The zero-order valence-electron chi connectivity index (χ0n) is 19.4. The van der Waals surface area contributed by atoms with Gasteiger partial charge in [-0.15, -0.1) is 0 Å². The highest BCUT2D eigenvalue weighted by Gasteiger charge is 2.45. The van der Waals surface area contributed by atoms with Gasteiger partial charge >= 0.3 is 11.9 Å². The molecule has 4 aromatic rings. The molecule has 0 aliphatic heterocycles. The van der Waals surface area contributed by atoms with Gasteiger partial charge in [-0.3, -0.25) is 9.59 Å². The number of esters is 1. The highest BCUT2D eigenvalue weighted by molar-refractivity contribution is 6.05. The Bertz CT molecular complexity index is 1300. The van der Waals surface area contributed by atoms with E-state index in [4.69, 9.17) is 13.9 Å². The Morgan fingerprint density at radius 3 is 2.17 bits per heavy atom. The van der Waals surface area contributed by atoms with Crippen LogP contribution in [0.5, 0.6) is 11.5 Å². The Hall–Kier alpha value is -4.39. The summed E-state index contributed by atoms with van der Waals surface area (Å²) in [6, 6.07) is 24.4. The predicted molar refractivity (Wildman–Crippen MR) is 129 cm³/mol. The summed E-state index contributed by atoms with van der Waals surface area (Å²) in [7, 11) is 0. The summed E-state index contributed by atoms with van der Waals surface area (Å²) in [5.74, 6) is -0.0518. The van der Waals surface area contributed by atoms with Crippen LogP contribution in [-0.4, -0.2) is 28.6 Å². The number of carbonyl (C=O) groups excluding carboxylic acids is 1. The van der Waals surface area contributed by atoms with Crippen LogP contribution in [-0.2, 0) is 21.4 Å².